The molecule has 0 saturated carbocycles. The van der Waals surface area contributed by atoms with Gasteiger partial charge in [0, 0.05) is 29.6 Å². The minimum Gasteiger partial charge on any atom is -0.490 e. The van der Waals surface area contributed by atoms with E-state index < -0.39 is 9.84 Å². The summed E-state index contributed by atoms with van der Waals surface area (Å²) in [5.41, 5.74) is 10.1. The maximum absolute atomic E-state index is 13.4. The summed E-state index contributed by atoms with van der Waals surface area (Å²) in [6.45, 7) is 4.63. The van der Waals surface area contributed by atoms with Gasteiger partial charge in [0.2, 0.25) is 0 Å². The number of aliphatic imine (C=N–C) groups is 1. The maximum Gasteiger partial charge on any atom is 0.148 e. The van der Waals surface area contributed by atoms with Gasteiger partial charge in [-0.1, -0.05) is 24.2 Å². The van der Waals surface area contributed by atoms with Crippen LogP contribution in [0.2, 0.25) is 0 Å². The first kappa shape index (κ1) is 29.6. The van der Waals surface area contributed by atoms with Crippen LogP contribution in [0.4, 0.5) is 15.8 Å². The third kappa shape index (κ3) is 8.57. The van der Waals surface area contributed by atoms with Crippen molar-refractivity contribution in [3.63, 3.8) is 0 Å². The van der Waals surface area contributed by atoms with Crippen LogP contribution in [0.15, 0.2) is 95.0 Å². The normalized spacial score (nSPS) is 11.8. The predicted molar refractivity (Wildman–Crippen MR) is 162 cm³/mol. The van der Waals surface area contributed by atoms with Gasteiger partial charge in [-0.15, -0.1) is 0 Å². The monoisotopic (exact) mass is 572 g/mol. The average Bonchev–Trinajstić information content (AvgIpc) is 3.39. The number of furan rings is 1. The lowest BCUT2D eigenvalue weighted by Crippen LogP contribution is -2.21. The zero-order valence-corrected chi connectivity index (χ0v) is 23.4. The molecular weight excluding hydrogens is 542 g/mol. The Morgan fingerprint density at radius 2 is 1.98 bits per heavy atom. The molecule has 11 heteroatoms. The van der Waals surface area contributed by atoms with Crippen molar-refractivity contribution >= 4 is 40.4 Å². The number of nitrogens with zero attached hydrogens (tertiary/aromatic N) is 1. The summed E-state index contributed by atoms with van der Waals surface area (Å²) in [4.78, 5) is 4.56. The first-order chi connectivity index (χ1) is 19.6. The van der Waals surface area contributed by atoms with E-state index in [4.69, 9.17) is 22.7 Å². The molecule has 0 aliphatic heterocycles. The third-order valence-electron chi connectivity index (χ3n) is 5.97. The van der Waals surface area contributed by atoms with E-state index in [9.17, 15) is 12.8 Å². The molecule has 0 spiro atoms. The van der Waals surface area contributed by atoms with Gasteiger partial charge in [0.05, 0.1) is 18.0 Å². The van der Waals surface area contributed by atoms with E-state index in [2.05, 4.69) is 22.2 Å². The Hall–Kier alpha value is -4.35. The highest BCUT2D eigenvalue weighted by Crippen LogP contribution is 2.28. The number of sulfone groups is 1. The number of hydrogen-bond donors (Lipinski definition) is 3. The largest absolute Gasteiger partial charge is 0.490 e. The van der Waals surface area contributed by atoms with Crippen molar-refractivity contribution in [1.82, 2.24) is 5.32 Å². The minimum atomic E-state index is -3.03. The molecule has 8 nitrogen and oxygen atoms in total. The predicted octanol–water partition coefficient (Wildman–Crippen LogP) is 4.19. The van der Waals surface area contributed by atoms with E-state index in [0.717, 1.165) is 5.56 Å². The molecule has 0 saturated heterocycles. The number of rotatable bonds is 13. The molecule has 2 radical (unpaired) electrons. The number of halogens is 1. The highest BCUT2D eigenvalue weighted by molar-refractivity contribution is 7.90. The molecule has 41 heavy (non-hydrogen) atoms. The lowest BCUT2D eigenvalue weighted by Gasteiger charge is -2.12. The molecule has 0 aliphatic carbocycles. The van der Waals surface area contributed by atoms with Crippen molar-refractivity contribution in [2.45, 2.75) is 13.2 Å². The van der Waals surface area contributed by atoms with Crippen LogP contribution in [0.1, 0.15) is 16.9 Å². The number of nitrogens with one attached hydrogen (secondary N) is 2. The molecule has 0 bridgehead atoms. The first-order valence-corrected chi connectivity index (χ1v) is 14.8. The molecule has 0 amide bonds. The fourth-order valence-electron chi connectivity index (χ4n) is 3.97. The van der Waals surface area contributed by atoms with E-state index in [1.807, 2.05) is 30.3 Å². The lowest BCUT2D eigenvalue weighted by molar-refractivity contribution is 0.308. The van der Waals surface area contributed by atoms with Gasteiger partial charge in [-0.25, -0.2) is 17.8 Å². The minimum absolute atomic E-state index is 0.0522. The van der Waals surface area contributed by atoms with Gasteiger partial charge in [-0.2, -0.15) is 0 Å². The van der Waals surface area contributed by atoms with Gasteiger partial charge >= 0.3 is 0 Å². The molecule has 0 unspecified atom stereocenters. The van der Waals surface area contributed by atoms with Crippen molar-refractivity contribution < 1.29 is 22.0 Å². The van der Waals surface area contributed by atoms with E-state index in [1.54, 1.807) is 36.5 Å². The van der Waals surface area contributed by atoms with Crippen LogP contribution < -0.4 is 26.6 Å². The Balaban J connectivity index is 1.50. The van der Waals surface area contributed by atoms with Gasteiger partial charge in [0.25, 0.3) is 0 Å². The Bertz CT molecular complexity index is 1670. The number of anilines is 1. The quantitative estimate of drug-likeness (QED) is 0.0952. The van der Waals surface area contributed by atoms with Crippen molar-refractivity contribution in [2.24, 2.45) is 10.7 Å². The molecule has 1 aromatic heterocycles. The van der Waals surface area contributed by atoms with Crippen molar-refractivity contribution in [2.75, 3.05) is 23.9 Å². The summed E-state index contributed by atoms with van der Waals surface area (Å²) >= 11 is 0. The number of nitrogens with two attached hydrogens (primary N) is 1. The van der Waals surface area contributed by atoms with Crippen molar-refractivity contribution in [3.05, 3.63) is 108 Å². The van der Waals surface area contributed by atoms with Gasteiger partial charge in [-0.05, 0) is 72.4 Å². The molecule has 3 aromatic carbocycles. The molecule has 0 fully saturated rings. The van der Waals surface area contributed by atoms with Gasteiger partial charge in [-0.3, -0.25) is 0 Å². The second-order valence-corrected chi connectivity index (χ2v) is 11.6. The SMILES string of the molecule is [B]c1cc(N=C(N)c2cc(-c3ccc(CNCCS(C)(=O)=O)o3)ccc2NC=C)ccc1OCc1cccc(F)c1. The highest BCUT2D eigenvalue weighted by atomic mass is 32.2. The zero-order chi connectivity index (χ0) is 29.4. The summed E-state index contributed by atoms with van der Waals surface area (Å²) < 4.78 is 47.8. The molecule has 0 aliphatic rings. The van der Waals surface area contributed by atoms with Gasteiger partial charge in [0.15, 0.2) is 0 Å². The Kier molecular flexibility index (Phi) is 9.64. The summed E-state index contributed by atoms with van der Waals surface area (Å²) in [5.74, 6) is 1.69. The number of ether oxygens (including phenoxy) is 1. The van der Waals surface area contributed by atoms with Crippen LogP contribution in [0.5, 0.6) is 5.75 Å². The summed E-state index contributed by atoms with van der Waals surface area (Å²) in [6.07, 6.45) is 2.74. The van der Waals surface area contributed by atoms with Crippen LogP contribution in [0.25, 0.3) is 11.3 Å². The second kappa shape index (κ2) is 13.3. The second-order valence-electron chi connectivity index (χ2n) is 9.32. The van der Waals surface area contributed by atoms with Gasteiger partial charge in [0.1, 0.15) is 53.2 Å². The smallest absolute Gasteiger partial charge is 0.148 e. The molecule has 210 valence electrons. The third-order valence-corrected chi connectivity index (χ3v) is 6.92. The Labute approximate surface area is 240 Å². The van der Waals surface area contributed by atoms with Gasteiger partial charge < -0.3 is 25.5 Å². The summed E-state index contributed by atoms with van der Waals surface area (Å²) in [5, 5.41) is 6.14. The summed E-state index contributed by atoms with van der Waals surface area (Å²) in [7, 11) is 3.16. The number of benzene rings is 3. The van der Waals surface area contributed by atoms with E-state index >= 15 is 0 Å². The van der Waals surface area contributed by atoms with Crippen LogP contribution in [-0.4, -0.2) is 40.7 Å². The fraction of sp³-hybridized carbons (Fsp3) is 0.167. The van der Waals surface area contributed by atoms with Crippen LogP contribution >= 0.6 is 0 Å². The van der Waals surface area contributed by atoms with E-state index in [0.29, 0.717) is 58.3 Å². The van der Waals surface area contributed by atoms with Crippen LogP contribution in [-0.2, 0) is 23.0 Å². The molecule has 4 aromatic rings. The zero-order valence-electron chi connectivity index (χ0n) is 22.6. The van der Waals surface area contributed by atoms with Crippen molar-refractivity contribution in [1.29, 1.82) is 0 Å². The Morgan fingerprint density at radius 1 is 1.15 bits per heavy atom. The summed E-state index contributed by atoms with van der Waals surface area (Å²) in [6, 6.07) is 20.5. The molecule has 4 rings (SSSR count). The van der Waals surface area contributed by atoms with E-state index in [-0.39, 0.29) is 24.0 Å². The lowest BCUT2D eigenvalue weighted by atomic mass is 9.94. The fourth-order valence-corrected chi connectivity index (χ4v) is 4.48. The topological polar surface area (TPSA) is 119 Å². The molecule has 4 N–H and O–H groups in total. The highest BCUT2D eigenvalue weighted by Gasteiger charge is 2.12. The first-order valence-electron chi connectivity index (χ1n) is 12.7. The van der Waals surface area contributed by atoms with E-state index in [1.165, 1.54) is 18.4 Å². The Morgan fingerprint density at radius 3 is 2.71 bits per heavy atom. The van der Waals surface area contributed by atoms with Crippen LogP contribution in [0, 0.1) is 5.82 Å². The molecule has 1 heterocycles. The average molecular weight is 572 g/mol. The molecular formula is C30H30BFN4O4S. The number of hydrogen-bond acceptors (Lipinski definition) is 7. The maximum atomic E-state index is 13.4. The standard InChI is InChI=1S/C30H30BFN4O4S/c1-3-35-27-10-7-21(28-12-9-24(40-28)18-34-13-14-41(2,37)38)16-25(27)30(33)36-23-8-11-29(26(31)17-23)39-19-20-5-4-6-22(32)15-20/h3-12,15-17,34-35H,1,13-14,18-19H2,2H3,(H2,33,36). The molecule has 0 atom stereocenters. The number of amidine groups is 1. The van der Waals surface area contributed by atoms with Crippen LogP contribution in [0.3, 0.4) is 0 Å². The van der Waals surface area contributed by atoms with Crippen molar-refractivity contribution in [3.8, 4) is 17.1 Å².